The number of hydrogen-bond acceptors (Lipinski definition) is 2. The molecule has 0 aromatic rings. The summed E-state index contributed by atoms with van der Waals surface area (Å²) in [6.45, 7) is 13.2. The smallest absolute Gasteiger partial charge is 0.0608 e. The fourth-order valence-electron chi connectivity index (χ4n) is 2.01. The third-order valence-electron chi connectivity index (χ3n) is 2.36. The minimum Gasteiger partial charge on any atom is -0.305 e. The summed E-state index contributed by atoms with van der Waals surface area (Å²) in [4.78, 5) is 0. The molecule has 1 aliphatic rings. The minimum atomic E-state index is 0.0519. The fourth-order valence-corrected chi connectivity index (χ4v) is 2.01. The summed E-state index contributed by atoms with van der Waals surface area (Å²) in [7, 11) is 0. The Morgan fingerprint density at radius 1 is 1.27 bits per heavy atom. The van der Waals surface area contributed by atoms with Crippen LogP contribution in [0.3, 0.4) is 0 Å². The third-order valence-corrected chi connectivity index (χ3v) is 2.36. The van der Waals surface area contributed by atoms with Gasteiger partial charge in [0.15, 0.2) is 0 Å². The highest BCUT2D eigenvalue weighted by molar-refractivity contribution is 5.96. The fraction of sp³-hybridized carbons (Fsp3) is 0.769. The van der Waals surface area contributed by atoms with Gasteiger partial charge in [-0.05, 0) is 52.0 Å². The lowest BCUT2D eigenvalue weighted by Crippen LogP contribution is -2.33. The molecule has 0 aromatic carbocycles. The molecule has 1 rings (SSSR count). The second-order valence-electron chi connectivity index (χ2n) is 6.47. The Morgan fingerprint density at radius 2 is 1.87 bits per heavy atom. The SMILES string of the molecule is CC1=CC(=NNC(C)(C)C)CC(C)(C)C1. The van der Waals surface area contributed by atoms with Crippen molar-refractivity contribution in [3.8, 4) is 0 Å². The molecule has 2 nitrogen and oxygen atoms in total. The van der Waals surface area contributed by atoms with Crippen molar-refractivity contribution in [1.82, 2.24) is 5.43 Å². The predicted molar refractivity (Wildman–Crippen MR) is 67.1 cm³/mol. The molecular formula is C13H24N2. The van der Waals surface area contributed by atoms with Crippen LogP contribution in [0.15, 0.2) is 16.8 Å². The molecule has 2 heteroatoms. The van der Waals surface area contributed by atoms with E-state index >= 15 is 0 Å². The zero-order valence-corrected chi connectivity index (χ0v) is 10.9. The van der Waals surface area contributed by atoms with Crippen molar-refractivity contribution in [2.75, 3.05) is 0 Å². The first-order chi connectivity index (χ1) is 6.68. The Morgan fingerprint density at radius 3 is 2.33 bits per heavy atom. The van der Waals surface area contributed by atoms with Crippen LogP contribution in [0, 0.1) is 5.41 Å². The molecule has 0 aromatic heterocycles. The Labute approximate surface area is 93.8 Å². The average molecular weight is 208 g/mol. The van der Waals surface area contributed by atoms with Crippen LogP contribution < -0.4 is 5.43 Å². The second-order valence-corrected chi connectivity index (χ2v) is 6.47. The van der Waals surface area contributed by atoms with Crippen LogP contribution in [0.5, 0.6) is 0 Å². The maximum atomic E-state index is 4.49. The molecule has 1 aliphatic carbocycles. The molecule has 0 bridgehead atoms. The van der Waals surface area contributed by atoms with E-state index in [1.807, 2.05) is 0 Å². The maximum Gasteiger partial charge on any atom is 0.0608 e. The van der Waals surface area contributed by atoms with Crippen molar-refractivity contribution in [3.63, 3.8) is 0 Å². The summed E-state index contributed by atoms with van der Waals surface area (Å²) >= 11 is 0. The first-order valence-electron chi connectivity index (χ1n) is 5.69. The van der Waals surface area contributed by atoms with Gasteiger partial charge in [-0.2, -0.15) is 5.10 Å². The van der Waals surface area contributed by atoms with E-state index in [0.29, 0.717) is 5.41 Å². The number of hydrazone groups is 1. The number of allylic oxidation sites excluding steroid dienone is 2. The molecule has 86 valence electrons. The van der Waals surface area contributed by atoms with E-state index < -0.39 is 0 Å². The van der Waals surface area contributed by atoms with E-state index in [-0.39, 0.29) is 5.54 Å². The molecule has 0 unspecified atom stereocenters. The van der Waals surface area contributed by atoms with E-state index in [0.717, 1.165) is 6.42 Å². The molecule has 0 fully saturated rings. The quantitative estimate of drug-likeness (QED) is 0.655. The van der Waals surface area contributed by atoms with Crippen LogP contribution >= 0.6 is 0 Å². The topological polar surface area (TPSA) is 24.4 Å². The van der Waals surface area contributed by atoms with Gasteiger partial charge in [-0.25, -0.2) is 0 Å². The largest absolute Gasteiger partial charge is 0.305 e. The summed E-state index contributed by atoms with van der Waals surface area (Å²) in [6, 6.07) is 0. The molecule has 0 atom stereocenters. The highest BCUT2D eigenvalue weighted by Crippen LogP contribution is 2.33. The molecule has 1 N–H and O–H groups in total. The van der Waals surface area contributed by atoms with E-state index in [1.54, 1.807) is 0 Å². The van der Waals surface area contributed by atoms with Crippen molar-refractivity contribution in [2.45, 2.75) is 59.9 Å². The van der Waals surface area contributed by atoms with Crippen molar-refractivity contribution in [3.05, 3.63) is 11.6 Å². The van der Waals surface area contributed by atoms with Gasteiger partial charge in [0.1, 0.15) is 0 Å². The van der Waals surface area contributed by atoms with Crippen LogP contribution in [0.4, 0.5) is 0 Å². The molecule has 0 radical (unpaired) electrons. The molecule has 0 spiro atoms. The van der Waals surface area contributed by atoms with Crippen molar-refractivity contribution in [2.24, 2.45) is 10.5 Å². The average Bonchev–Trinajstić information content (AvgIpc) is 1.95. The van der Waals surface area contributed by atoms with Crippen molar-refractivity contribution >= 4 is 5.71 Å². The first kappa shape index (κ1) is 12.3. The molecule has 0 saturated heterocycles. The molecule has 0 heterocycles. The number of nitrogens with one attached hydrogen (secondary N) is 1. The number of rotatable bonds is 1. The molecule has 15 heavy (non-hydrogen) atoms. The highest BCUT2D eigenvalue weighted by atomic mass is 15.3. The van der Waals surface area contributed by atoms with E-state index in [4.69, 9.17) is 0 Å². The minimum absolute atomic E-state index is 0.0519. The van der Waals surface area contributed by atoms with Crippen LogP contribution in [0.25, 0.3) is 0 Å². The lowest BCUT2D eigenvalue weighted by atomic mass is 9.77. The molecule has 0 amide bonds. The zero-order valence-electron chi connectivity index (χ0n) is 10.9. The number of hydrogen-bond donors (Lipinski definition) is 1. The number of nitrogens with zero attached hydrogens (tertiary/aromatic N) is 1. The maximum absolute atomic E-state index is 4.49. The Bertz CT molecular complexity index is 290. The van der Waals surface area contributed by atoms with Crippen LogP contribution in [0.1, 0.15) is 54.4 Å². The predicted octanol–water partition coefficient (Wildman–Crippen LogP) is 3.50. The van der Waals surface area contributed by atoms with Gasteiger partial charge in [-0.15, -0.1) is 0 Å². The van der Waals surface area contributed by atoms with Gasteiger partial charge in [0.25, 0.3) is 0 Å². The van der Waals surface area contributed by atoms with Gasteiger partial charge in [-0.1, -0.05) is 19.4 Å². The van der Waals surface area contributed by atoms with Crippen molar-refractivity contribution in [1.29, 1.82) is 0 Å². The Hall–Kier alpha value is -0.790. The van der Waals surface area contributed by atoms with Crippen LogP contribution in [-0.4, -0.2) is 11.3 Å². The van der Waals surface area contributed by atoms with E-state index in [9.17, 15) is 0 Å². The lowest BCUT2D eigenvalue weighted by molar-refractivity contribution is 0.369. The van der Waals surface area contributed by atoms with E-state index in [1.165, 1.54) is 17.7 Å². The lowest BCUT2D eigenvalue weighted by Gasteiger charge is -2.30. The first-order valence-corrected chi connectivity index (χ1v) is 5.69. The van der Waals surface area contributed by atoms with Gasteiger partial charge in [0.05, 0.1) is 5.71 Å². The van der Waals surface area contributed by atoms with Crippen LogP contribution in [-0.2, 0) is 0 Å². The van der Waals surface area contributed by atoms with Gasteiger partial charge in [0, 0.05) is 5.54 Å². The normalized spacial score (nSPS) is 23.9. The third kappa shape index (κ3) is 4.50. The summed E-state index contributed by atoms with van der Waals surface area (Å²) in [5, 5.41) is 4.49. The standard InChI is InChI=1S/C13H24N2/c1-10-7-11(9-13(5,6)8-10)14-15-12(2,3)4/h7,15H,8-9H2,1-6H3. The second kappa shape index (κ2) is 3.99. The summed E-state index contributed by atoms with van der Waals surface area (Å²) in [6.07, 6.45) is 4.46. The van der Waals surface area contributed by atoms with Gasteiger partial charge < -0.3 is 5.43 Å². The van der Waals surface area contributed by atoms with E-state index in [2.05, 4.69) is 58.1 Å². The monoisotopic (exact) mass is 208 g/mol. The molecule has 0 saturated carbocycles. The Balaban J connectivity index is 2.75. The molecular weight excluding hydrogens is 184 g/mol. The summed E-state index contributed by atoms with van der Waals surface area (Å²) in [5.74, 6) is 0. The van der Waals surface area contributed by atoms with Crippen molar-refractivity contribution < 1.29 is 0 Å². The molecule has 0 aliphatic heterocycles. The summed E-state index contributed by atoms with van der Waals surface area (Å²) < 4.78 is 0. The Kier molecular flexibility index (Phi) is 3.27. The van der Waals surface area contributed by atoms with Gasteiger partial charge in [0.2, 0.25) is 0 Å². The van der Waals surface area contributed by atoms with Crippen LogP contribution in [0.2, 0.25) is 0 Å². The zero-order chi connectivity index (χ0) is 11.7. The summed E-state index contributed by atoms with van der Waals surface area (Å²) in [5.41, 5.74) is 6.21. The van der Waals surface area contributed by atoms with Gasteiger partial charge >= 0.3 is 0 Å². The highest BCUT2D eigenvalue weighted by Gasteiger charge is 2.24. The van der Waals surface area contributed by atoms with Gasteiger partial charge in [-0.3, -0.25) is 0 Å².